The van der Waals surface area contributed by atoms with Crippen molar-refractivity contribution < 1.29 is 13.2 Å². The zero-order valence-electron chi connectivity index (χ0n) is 12.4. The van der Waals surface area contributed by atoms with Crippen LogP contribution in [-0.2, 0) is 21.3 Å². The van der Waals surface area contributed by atoms with Gasteiger partial charge >= 0.3 is 0 Å². The van der Waals surface area contributed by atoms with Gasteiger partial charge in [0.2, 0.25) is 10.0 Å². The molecular weight excluding hydrogens is 292 g/mol. The van der Waals surface area contributed by atoms with Gasteiger partial charge in [0, 0.05) is 25.9 Å². The molecule has 0 radical (unpaired) electrons. The fourth-order valence-corrected chi connectivity index (χ4v) is 3.30. The fourth-order valence-electron chi connectivity index (χ4n) is 2.28. The monoisotopic (exact) mass is 316 g/mol. The second kappa shape index (κ2) is 7.88. The number of sulfonamides is 1. The predicted octanol–water partition coefficient (Wildman–Crippen LogP) is 0.340. The molecule has 0 bridgehead atoms. The third-order valence-corrected chi connectivity index (χ3v) is 4.89. The van der Waals surface area contributed by atoms with Crippen molar-refractivity contribution in [2.75, 3.05) is 26.7 Å². The molecule has 21 heavy (non-hydrogen) atoms. The Bertz CT molecular complexity index is 523. The van der Waals surface area contributed by atoms with Gasteiger partial charge in [-0.3, -0.25) is 4.68 Å². The maximum atomic E-state index is 12.2. The van der Waals surface area contributed by atoms with Gasteiger partial charge in [-0.05, 0) is 39.3 Å². The minimum Gasteiger partial charge on any atom is -0.377 e. The summed E-state index contributed by atoms with van der Waals surface area (Å²) in [5, 5.41) is 7.13. The molecule has 0 amide bonds. The van der Waals surface area contributed by atoms with Gasteiger partial charge in [-0.15, -0.1) is 0 Å². The lowest BCUT2D eigenvalue weighted by Crippen LogP contribution is -2.35. The van der Waals surface area contributed by atoms with Crippen LogP contribution < -0.4 is 10.0 Å². The molecule has 1 unspecified atom stereocenters. The first-order chi connectivity index (χ1) is 10.1. The molecule has 0 aromatic carbocycles. The molecule has 0 aliphatic carbocycles. The van der Waals surface area contributed by atoms with E-state index in [1.54, 1.807) is 10.9 Å². The highest BCUT2D eigenvalue weighted by Crippen LogP contribution is 2.13. The maximum Gasteiger partial charge on any atom is 0.243 e. The van der Waals surface area contributed by atoms with Crippen LogP contribution in [0.5, 0.6) is 0 Å². The number of nitrogens with zero attached hydrogens (tertiary/aromatic N) is 2. The summed E-state index contributed by atoms with van der Waals surface area (Å²) in [6.07, 6.45) is 6.91. The molecular formula is C13H24N4O3S. The summed E-state index contributed by atoms with van der Waals surface area (Å²) in [5.74, 6) is 0. The number of ether oxygens (including phenoxy) is 1. The SMILES string of the molecule is CNCCCn1cc(S(=O)(=O)NCC2CCCCO2)cn1. The van der Waals surface area contributed by atoms with E-state index in [9.17, 15) is 8.42 Å². The van der Waals surface area contributed by atoms with Crippen molar-refractivity contribution in [3.8, 4) is 0 Å². The predicted molar refractivity (Wildman–Crippen MR) is 79.6 cm³/mol. The minimum atomic E-state index is -3.50. The molecule has 1 aromatic rings. The van der Waals surface area contributed by atoms with E-state index >= 15 is 0 Å². The summed E-state index contributed by atoms with van der Waals surface area (Å²) in [7, 11) is -1.61. The second-order valence-electron chi connectivity index (χ2n) is 5.24. The van der Waals surface area contributed by atoms with Crippen molar-refractivity contribution >= 4 is 10.0 Å². The first-order valence-corrected chi connectivity index (χ1v) is 8.88. The standard InChI is InChI=1S/C13H24N4O3S/c1-14-6-4-7-17-11-13(10-15-17)21(18,19)16-9-12-5-2-3-8-20-12/h10-12,14,16H,2-9H2,1H3. The molecule has 0 saturated carbocycles. The number of hydrogen-bond donors (Lipinski definition) is 2. The van der Waals surface area contributed by atoms with Crippen LogP contribution in [0.3, 0.4) is 0 Å². The van der Waals surface area contributed by atoms with Gasteiger partial charge < -0.3 is 10.1 Å². The van der Waals surface area contributed by atoms with E-state index in [2.05, 4.69) is 15.1 Å². The van der Waals surface area contributed by atoms with Gasteiger partial charge in [-0.2, -0.15) is 5.10 Å². The number of aromatic nitrogens is 2. The van der Waals surface area contributed by atoms with Crippen molar-refractivity contribution in [1.82, 2.24) is 19.8 Å². The molecule has 1 aromatic heterocycles. The highest BCUT2D eigenvalue weighted by molar-refractivity contribution is 7.89. The van der Waals surface area contributed by atoms with Gasteiger partial charge in [0.05, 0.1) is 12.3 Å². The average molecular weight is 316 g/mol. The first kappa shape index (κ1) is 16.4. The summed E-state index contributed by atoms with van der Waals surface area (Å²) in [4.78, 5) is 0.211. The Morgan fingerprint density at radius 1 is 1.48 bits per heavy atom. The third-order valence-electron chi connectivity index (χ3n) is 3.51. The van der Waals surface area contributed by atoms with Crippen LogP contribution >= 0.6 is 0 Å². The highest BCUT2D eigenvalue weighted by Gasteiger charge is 2.20. The van der Waals surface area contributed by atoms with E-state index in [1.807, 2.05) is 7.05 Å². The van der Waals surface area contributed by atoms with Crippen molar-refractivity contribution in [2.45, 2.75) is 43.2 Å². The zero-order chi connectivity index (χ0) is 15.1. The number of nitrogens with one attached hydrogen (secondary N) is 2. The maximum absolute atomic E-state index is 12.2. The van der Waals surface area contributed by atoms with E-state index < -0.39 is 10.0 Å². The molecule has 0 spiro atoms. The lowest BCUT2D eigenvalue weighted by Gasteiger charge is -2.22. The molecule has 2 heterocycles. The summed E-state index contributed by atoms with van der Waals surface area (Å²) >= 11 is 0. The van der Waals surface area contributed by atoms with Crippen LogP contribution in [0.4, 0.5) is 0 Å². The largest absolute Gasteiger partial charge is 0.377 e. The molecule has 2 N–H and O–H groups in total. The fraction of sp³-hybridized carbons (Fsp3) is 0.769. The number of hydrogen-bond acceptors (Lipinski definition) is 5. The molecule has 8 heteroatoms. The Labute approximate surface area is 126 Å². The lowest BCUT2D eigenvalue weighted by molar-refractivity contribution is 0.0200. The molecule has 7 nitrogen and oxygen atoms in total. The van der Waals surface area contributed by atoms with E-state index in [-0.39, 0.29) is 11.0 Å². The van der Waals surface area contributed by atoms with Crippen molar-refractivity contribution in [3.63, 3.8) is 0 Å². The van der Waals surface area contributed by atoms with Crippen LogP contribution in [0, 0.1) is 0 Å². The summed E-state index contributed by atoms with van der Waals surface area (Å²) in [6, 6.07) is 0. The van der Waals surface area contributed by atoms with Crippen LogP contribution in [-0.4, -0.2) is 51.0 Å². The minimum absolute atomic E-state index is 0.0146. The molecule has 1 atom stereocenters. The quantitative estimate of drug-likeness (QED) is 0.676. The Balaban J connectivity index is 1.86. The normalized spacial score (nSPS) is 19.8. The van der Waals surface area contributed by atoms with E-state index in [0.29, 0.717) is 13.1 Å². The smallest absolute Gasteiger partial charge is 0.243 e. The molecule has 1 saturated heterocycles. The van der Waals surface area contributed by atoms with E-state index in [0.717, 1.165) is 38.8 Å². The van der Waals surface area contributed by atoms with E-state index in [1.165, 1.54) is 6.20 Å². The Hall–Kier alpha value is -0.960. The van der Waals surface area contributed by atoms with Gasteiger partial charge in [0.1, 0.15) is 4.90 Å². The molecule has 1 fully saturated rings. The van der Waals surface area contributed by atoms with E-state index in [4.69, 9.17) is 4.74 Å². The van der Waals surface area contributed by atoms with Crippen LogP contribution in [0.15, 0.2) is 17.3 Å². The molecule has 1 aliphatic rings. The van der Waals surface area contributed by atoms with Crippen molar-refractivity contribution in [2.24, 2.45) is 0 Å². The second-order valence-corrected chi connectivity index (χ2v) is 7.00. The topological polar surface area (TPSA) is 85.2 Å². The third kappa shape index (κ3) is 5.06. The molecule has 1 aliphatic heterocycles. The number of aryl methyl sites for hydroxylation is 1. The van der Waals surface area contributed by atoms with Crippen LogP contribution in [0.2, 0.25) is 0 Å². The van der Waals surface area contributed by atoms with Gasteiger partial charge in [0.15, 0.2) is 0 Å². The van der Waals surface area contributed by atoms with Crippen molar-refractivity contribution in [3.05, 3.63) is 12.4 Å². The first-order valence-electron chi connectivity index (χ1n) is 7.40. The van der Waals surface area contributed by atoms with Crippen molar-refractivity contribution in [1.29, 1.82) is 0 Å². The highest BCUT2D eigenvalue weighted by atomic mass is 32.2. The summed E-state index contributed by atoms with van der Waals surface area (Å²) < 4.78 is 34.2. The summed E-state index contributed by atoms with van der Waals surface area (Å²) in [6.45, 7) is 2.62. The molecule has 120 valence electrons. The number of rotatable bonds is 8. The molecule has 2 rings (SSSR count). The van der Waals surface area contributed by atoms with Crippen LogP contribution in [0.1, 0.15) is 25.7 Å². The van der Waals surface area contributed by atoms with Gasteiger partial charge in [-0.25, -0.2) is 13.1 Å². The average Bonchev–Trinajstić information content (AvgIpc) is 2.96. The summed E-state index contributed by atoms with van der Waals surface area (Å²) in [5.41, 5.74) is 0. The zero-order valence-corrected chi connectivity index (χ0v) is 13.2. The van der Waals surface area contributed by atoms with Crippen LogP contribution in [0.25, 0.3) is 0 Å². The lowest BCUT2D eigenvalue weighted by atomic mass is 10.1. The Kier molecular flexibility index (Phi) is 6.16. The Morgan fingerprint density at radius 2 is 2.33 bits per heavy atom. The van der Waals surface area contributed by atoms with Gasteiger partial charge in [-0.1, -0.05) is 0 Å². The Morgan fingerprint density at radius 3 is 3.05 bits per heavy atom. The van der Waals surface area contributed by atoms with Gasteiger partial charge in [0.25, 0.3) is 0 Å².